The third kappa shape index (κ3) is 6.40. The molecule has 0 aliphatic carbocycles. The number of aromatic nitrogens is 4. The van der Waals surface area contributed by atoms with Gasteiger partial charge in [0, 0.05) is 11.9 Å². The van der Waals surface area contributed by atoms with Crippen molar-refractivity contribution < 1.29 is 18.7 Å². The molecule has 0 fully saturated rings. The van der Waals surface area contributed by atoms with Crippen LogP contribution in [0.5, 0.6) is 17.4 Å². The van der Waals surface area contributed by atoms with Crippen LogP contribution in [0.3, 0.4) is 0 Å². The maximum atomic E-state index is 13.9. The van der Waals surface area contributed by atoms with Crippen LogP contribution in [0.15, 0.2) is 87.6 Å². The van der Waals surface area contributed by atoms with E-state index in [0.29, 0.717) is 32.8 Å². The second-order valence-electron chi connectivity index (χ2n) is 8.22. The quantitative estimate of drug-likeness (QED) is 0.105. The number of methoxy groups -OCH3 is 1. The van der Waals surface area contributed by atoms with Gasteiger partial charge in [-0.15, -0.1) is 10.2 Å². The highest BCUT2D eigenvalue weighted by molar-refractivity contribution is 8.00. The molecule has 0 spiro atoms. The maximum absolute atomic E-state index is 13.9. The van der Waals surface area contributed by atoms with Crippen molar-refractivity contribution in [2.45, 2.75) is 10.1 Å². The SMILES string of the molecule is COc1ccc(Oc2nc3ccccn3c(=O)c2/C=C(\C#N)C(=O)Nc2nnc(SCc3ccccc3F)s2)cc1. The molecule has 5 rings (SSSR count). The van der Waals surface area contributed by atoms with Crippen LogP contribution in [-0.4, -0.2) is 32.6 Å². The molecule has 0 aliphatic heterocycles. The number of benzene rings is 2. The van der Waals surface area contributed by atoms with Gasteiger partial charge in [0.2, 0.25) is 11.0 Å². The third-order valence-electron chi connectivity index (χ3n) is 5.60. The van der Waals surface area contributed by atoms with Crippen LogP contribution in [0.25, 0.3) is 11.7 Å². The maximum Gasteiger partial charge on any atom is 0.269 e. The summed E-state index contributed by atoms with van der Waals surface area (Å²) < 4.78 is 26.7. The van der Waals surface area contributed by atoms with Gasteiger partial charge in [0.15, 0.2) is 4.34 Å². The molecular formula is C28H19FN6O4S2. The number of pyridine rings is 1. The molecule has 3 aromatic heterocycles. The Morgan fingerprint density at radius 2 is 1.88 bits per heavy atom. The fourth-order valence-corrected chi connectivity index (χ4v) is 5.30. The molecule has 0 unspecified atom stereocenters. The number of hydrogen-bond acceptors (Lipinski definition) is 10. The summed E-state index contributed by atoms with van der Waals surface area (Å²) in [5, 5.41) is 20.4. The number of nitriles is 1. The molecular weight excluding hydrogens is 567 g/mol. The monoisotopic (exact) mass is 586 g/mol. The lowest BCUT2D eigenvalue weighted by molar-refractivity contribution is -0.112. The summed E-state index contributed by atoms with van der Waals surface area (Å²) in [6.45, 7) is 0. The molecule has 0 aliphatic rings. The second kappa shape index (κ2) is 12.4. The average Bonchev–Trinajstić information content (AvgIpc) is 3.44. The molecule has 204 valence electrons. The Balaban J connectivity index is 1.40. The van der Waals surface area contributed by atoms with E-state index in [1.54, 1.807) is 60.7 Å². The van der Waals surface area contributed by atoms with Gasteiger partial charge < -0.3 is 9.47 Å². The van der Waals surface area contributed by atoms with Crippen molar-refractivity contribution in [3.8, 4) is 23.4 Å². The first-order valence-electron chi connectivity index (χ1n) is 11.9. The zero-order chi connectivity index (χ0) is 28.8. The molecule has 0 atom stereocenters. The van der Waals surface area contributed by atoms with E-state index < -0.39 is 11.5 Å². The summed E-state index contributed by atoms with van der Waals surface area (Å²) in [5.74, 6) is 0.0880. The van der Waals surface area contributed by atoms with Gasteiger partial charge in [-0.05, 0) is 54.1 Å². The number of ether oxygens (including phenoxy) is 2. The first-order chi connectivity index (χ1) is 19.9. The van der Waals surface area contributed by atoms with E-state index in [1.165, 1.54) is 35.5 Å². The van der Waals surface area contributed by atoms with Crippen LogP contribution in [0.4, 0.5) is 9.52 Å². The largest absolute Gasteiger partial charge is 0.497 e. The molecule has 5 aromatic rings. The molecule has 0 saturated carbocycles. The highest BCUT2D eigenvalue weighted by Gasteiger charge is 2.19. The Bertz CT molecular complexity index is 1860. The van der Waals surface area contributed by atoms with Crippen molar-refractivity contribution in [1.29, 1.82) is 5.26 Å². The average molecular weight is 587 g/mol. The Morgan fingerprint density at radius 3 is 2.63 bits per heavy atom. The van der Waals surface area contributed by atoms with Gasteiger partial charge in [-0.25, -0.2) is 4.39 Å². The summed E-state index contributed by atoms with van der Waals surface area (Å²) in [7, 11) is 1.53. The Morgan fingerprint density at radius 1 is 1.12 bits per heavy atom. The fraction of sp³-hybridized carbons (Fsp3) is 0.0714. The zero-order valence-corrected chi connectivity index (χ0v) is 22.9. The summed E-state index contributed by atoms with van der Waals surface area (Å²) >= 11 is 2.33. The number of thioether (sulfide) groups is 1. The van der Waals surface area contributed by atoms with E-state index in [4.69, 9.17) is 9.47 Å². The first-order valence-corrected chi connectivity index (χ1v) is 13.7. The summed E-state index contributed by atoms with van der Waals surface area (Å²) in [5.41, 5.74) is -0.196. The van der Waals surface area contributed by atoms with Crippen LogP contribution >= 0.6 is 23.1 Å². The van der Waals surface area contributed by atoms with Crippen LogP contribution in [0, 0.1) is 17.1 Å². The van der Waals surface area contributed by atoms with Crippen molar-refractivity contribution in [3.05, 3.63) is 106 Å². The number of halogens is 1. The molecule has 41 heavy (non-hydrogen) atoms. The van der Waals surface area contributed by atoms with Gasteiger partial charge in [0.25, 0.3) is 11.5 Å². The summed E-state index contributed by atoms with van der Waals surface area (Å²) in [6, 6.07) is 19.9. The van der Waals surface area contributed by atoms with Crippen molar-refractivity contribution in [2.75, 3.05) is 12.4 Å². The van der Waals surface area contributed by atoms with Gasteiger partial charge in [-0.3, -0.25) is 19.3 Å². The van der Waals surface area contributed by atoms with Gasteiger partial charge in [-0.2, -0.15) is 10.2 Å². The predicted octanol–water partition coefficient (Wildman–Crippen LogP) is 5.32. The van der Waals surface area contributed by atoms with Crippen molar-refractivity contribution in [2.24, 2.45) is 0 Å². The molecule has 0 radical (unpaired) electrons. The van der Waals surface area contributed by atoms with Gasteiger partial charge in [0.1, 0.15) is 40.2 Å². The summed E-state index contributed by atoms with van der Waals surface area (Å²) in [6.07, 6.45) is 2.64. The molecule has 2 aromatic carbocycles. The number of nitrogens with one attached hydrogen (secondary N) is 1. The third-order valence-corrected chi connectivity index (χ3v) is 7.62. The minimum absolute atomic E-state index is 0.0883. The van der Waals surface area contributed by atoms with Crippen LogP contribution < -0.4 is 20.3 Å². The number of anilines is 1. The van der Waals surface area contributed by atoms with E-state index in [-0.39, 0.29) is 28.0 Å². The predicted molar refractivity (Wildman–Crippen MR) is 153 cm³/mol. The minimum Gasteiger partial charge on any atom is -0.497 e. The minimum atomic E-state index is -0.803. The zero-order valence-electron chi connectivity index (χ0n) is 21.3. The van der Waals surface area contributed by atoms with Crippen LogP contribution in [-0.2, 0) is 10.5 Å². The molecule has 3 heterocycles. The van der Waals surface area contributed by atoms with E-state index in [0.717, 1.165) is 17.4 Å². The van der Waals surface area contributed by atoms with E-state index in [2.05, 4.69) is 20.5 Å². The van der Waals surface area contributed by atoms with Crippen LogP contribution in [0.1, 0.15) is 11.1 Å². The standard InChI is InChI=1S/C28H19FN6O4S2/c1-38-19-9-11-20(12-10-19)39-25-21(26(37)35-13-5-4-8-23(35)31-25)14-18(15-30)24(36)32-27-33-34-28(41-27)40-16-17-6-2-3-7-22(17)29/h2-14H,16H2,1H3,(H,32,33,36)/b18-14+. The normalized spacial score (nSPS) is 11.2. The number of nitrogens with zero attached hydrogens (tertiary/aromatic N) is 5. The van der Waals surface area contributed by atoms with Crippen molar-refractivity contribution in [3.63, 3.8) is 0 Å². The molecule has 13 heteroatoms. The lowest BCUT2D eigenvalue weighted by Crippen LogP contribution is -2.20. The van der Waals surface area contributed by atoms with Crippen molar-refractivity contribution >= 4 is 45.9 Å². The number of amides is 1. The summed E-state index contributed by atoms with van der Waals surface area (Å²) in [4.78, 5) is 30.8. The Labute approximate surface area is 240 Å². The number of carbonyl (C=O) groups is 1. The van der Waals surface area contributed by atoms with Gasteiger partial charge in [0.05, 0.1) is 7.11 Å². The highest BCUT2D eigenvalue weighted by Crippen LogP contribution is 2.30. The number of carbonyl (C=O) groups excluding carboxylic acids is 1. The van der Waals surface area contributed by atoms with E-state index in [9.17, 15) is 19.2 Å². The lowest BCUT2D eigenvalue weighted by atomic mass is 10.1. The van der Waals surface area contributed by atoms with Gasteiger partial charge in [-0.1, -0.05) is 47.4 Å². The van der Waals surface area contributed by atoms with Crippen LogP contribution in [0.2, 0.25) is 0 Å². The number of fused-ring (bicyclic) bond motifs is 1. The number of rotatable bonds is 9. The Hall–Kier alpha value is -5.06. The van der Waals surface area contributed by atoms with Crippen molar-refractivity contribution in [1.82, 2.24) is 19.6 Å². The molecule has 10 nitrogen and oxygen atoms in total. The topological polar surface area (TPSA) is 132 Å². The fourth-order valence-electron chi connectivity index (χ4n) is 3.57. The molecule has 0 saturated heterocycles. The smallest absolute Gasteiger partial charge is 0.269 e. The molecule has 1 amide bonds. The van der Waals surface area contributed by atoms with Gasteiger partial charge >= 0.3 is 0 Å². The molecule has 0 bridgehead atoms. The molecule has 1 N–H and O–H groups in total. The first kappa shape index (κ1) is 27.5. The second-order valence-corrected chi connectivity index (χ2v) is 10.4. The lowest BCUT2D eigenvalue weighted by Gasteiger charge is -2.10. The number of hydrogen-bond donors (Lipinski definition) is 1. The van der Waals surface area contributed by atoms with E-state index >= 15 is 0 Å². The van der Waals surface area contributed by atoms with E-state index in [1.807, 2.05) is 6.07 Å². The Kier molecular flexibility index (Phi) is 8.33. The highest BCUT2D eigenvalue weighted by atomic mass is 32.2.